The van der Waals surface area contributed by atoms with Gasteiger partial charge in [0.1, 0.15) is 10.6 Å². The summed E-state index contributed by atoms with van der Waals surface area (Å²) in [5.74, 6) is -1.15. The molecule has 0 spiro atoms. The van der Waals surface area contributed by atoms with Gasteiger partial charge in [0.2, 0.25) is 10.0 Å². The summed E-state index contributed by atoms with van der Waals surface area (Å²) in [6, 6.07) is 3.84. The number of likely N-dealkylation sites (N-methyl/N-ethyl adjacent to an activating group) is 1. The van der Waals surface area contributed by atoms with Gasteiger partial charge in [-0.25, -0.2) is 17.9 Å². The van der Waals surface area contributed by atoms with Crippen LogP contribution in [0.3, 0.4) is 0 Å². The number of sulfonamides is 1. The van der Waals surface area contributed by atoms with E-state index in [0.717, 1.165) is 6.07 Å². The van der Waals surface area contributed by atoms with E-state index >= 15 is 0 Å². The monoisotopic (exact) mass is 344 g/mol. The Morgan fingerprint density at radius 2 is 1.96 bits per heavy atom. The molecule has 9 heteroatoms. The first-order chi connectivity index (χ1) is 10.8. The SMILES string of the molecule is CCNC(=O)[C@@H](C)OC(=O)c1ccc(OC)c(S(=O)(=O)NC)c1. The maximum absolute atomic E-state index is 12.1. The van der Waals surface area contributed by atoms with Crippen molar-refractivity contribution in [3.8, 4) is 5.75 Å². The van der Waals surface area contributed by atoms with Crippen LogP contribution in [-0.2, 0) is 19.6 Å². The summed E-state index contributed by atoms with van der Waals surface area (Å²) in [4.78, 5) is 23.4. The molecule has 1 aromatic carbocycles. The third kappa shape index (κ3) is 4.67. The van der Waals surface area contributed by atoms with Crippen LogP contribution in [0.5, 0.6) is 5.75 Å². The lowest BCUT2D eigenvalue weighted by Gasteiger charge is -2.14. The highest BCUT2D eigenvalue weighted by atomic mass is 32.2. The molecule has 0 unspecified atom stereocenters. The number of hydrogen-bond acceptors (Lipinski definition) is 6. The van der Waals surface area contributed by atoms with Crippen molar-refractivity contribution >= 4 is 21.9 Å². The number of rotatable bonds is 7. The molecular formula is C14H20N2O6S. The first kappa shape index (κ1) is 18.9. The zero-order chi connectivity index (χ0) is 17.6. The van der Waals surface area contributed by atoms with Crippen LogP contribution in [0.15, 0.2) is 23.1 Å². The molecule has 1 atom stereocenters. The number of carbonyl (C=O) groups excluding carboxylic acids is 2. The fraction of sp³-hybridized carbons (Fsp3) is 0.429. The molecule has 0 heterocycles. The van der Waals surface area contributed by atoms with E-state index in [1.807, 2.05) is 0 Å². The third-order valence-electron chi connectivity index (χ3n) is 2.96. The molecule has 0 aliphatic carbocycles. The number of methoxy groups -OCH3 is 1. The van der Waals surface area contributed by atoms with E-state index in [4.69, 9.17) is 9.47 Å². The van der Waals surface area contributed by atoms with Crippen LogP contribution < -0.4 is 14.8 Å². The first-order valence-corrected chi connectivity index (χ1v) is 8.35. The molecule has 128 valence electrons. The molecule has 0 fully saturated rings. The summed E-state index contributed by atoms with van der Waals surface area (Å²) in [7, 11) is -1.25. The molecule has 0 radical (unpaired) electrons. The highest BCUT2D eigenvalue weighted by Gasteiger charge is 2.23. The molecular weight excluding hydrogens is 324 g/mol. The summed E-state index contributed by atoms with van der Waals surface area (Å²) >= 11 is 0. The maximum atomic E-state index is 12.1. The minimum Gasteiger partial charge on any atom is -0.495 e. The summed E-state index contributed by atoms with van der Waals surface area (Å²) in [5.41, 5.74) is -0.00391. The van der Waals surface area contributed by atoms with Crippen LogP contribution in [-0.4, -0.2) is 47.1 Å². The molecule has 1 amide bonds. The van der Waals surface area contributed by atoms with E-state index in [2.05, 4.69) is 10.0 Å². The van der Waals surface area contributed by atoms with Crippen molar-refractivity contribution in [1.82, 2.24) is 10.0 Å². The number of benzene rings is 1. The molecule has 0 aliphatic heterocycles. The minimum absolute atomic E-state index is 0.00391. The molecule has 0 saturated heterocycles. The van der Waals surface area contributed by atoms with Gasteiger partial charge >= 0.3 is 5.97 Å². The van der Waals surface area contributed by atoms with Gasteiger partial charge in [-0.05, 0) is 39.1 Å². The molecule has 0 aromatic heterocycles. The van der Waals surface area contributed by atoms with Crippen LogP contribution in [0.1, 0.15) is 24.2 Å². The zero-order valence-electron chi connectivity index (χ0n) is 13.4. The number of amides is 1. The van der Waals surface area contributed by atoms with Gasteiger partial charge in [-0.3, -0.25) is 4.79 Å². The Morgan fingerprint density at radius 1 is 1.30 bits per heavy atom. The second-order valence-electron chi connectivity index (χ2n) is 4.52. The van der Waals surface area contributed by atoms with Crippen molar-refractivity contribution in [2.24, 2.45) is 0 Å². The first-order valence-electron chi connectivity index (χ1n) is 6.87. The third-order valence-corrected chi connectivity index (χ3v) is 4.40. The molecule has 23 heavy (non-hydrogen) atoms. The highest BCUT2D eigenvalue weighted by Crippen LogP contribution is 2.25. The number of ether oxygens (including phenoxy) is 2. The summed E-state index contributed by atoms with van der Waals surface area (Å²) in [6.45, 7) is 3.58. The molecule has 0 bridgehead atoms. The zero-order valence-corrected chi connectivity index (χ0v) is 14.2. The molecule has 8 nitrogen and oxygen atoms in total. The lowest BCUT2D eigenvalue weighted by Crippen LogP contribution is -2.35. The minimum atomic E-state index is -3.81. The van der Waals surface area contributed by atoms with E-state index in [-0.39, 0.29) is 16.2 Å². The number of esters is 1. The molecule has 0 aliphatic rings. The molecule has 2 N–H and O–H groups in total. The Balaban J connectivity index is 3.08. The molecule has 1 aromatic rings. The second kappa shape index (κ2) is 7.93. The van der Waals surface area contributed by atoms with Crippen molar-refractivity contribution in [2.75, 3.05) is 20.7 Å². The van der Waals surface area contributed by atoms with Crippen molar-refractivity contribution in [1.29, 1.82) is 0 Å². The van der Waals surface area contributed by atoms with Gasteiger partial charge in [-0.2, -0.15) is 0 Å². The summed E-state index contributed by atoms with van der Waals surface area (Å²) in [5, 5.41) is 2.52. The Morgan fingerprint density at radius 3 is 2.48 bits per heavy atom. The van der Waals surface area contributed by atoms with Crippen molar-refractivity contribution in [2.45, 2.75) is 24.8 Å². The van der Waals surface area contributed by atoms with Crippen molar-refractivity contribution in [3.63, 3.8) is 0 Å². The van der Waals surface area contributed by atoms with Crippen LogP contribution in [0.25, 0.3) is 0 Å². The fourth-order valence-electron chi connectivity index (χ4n) is 1.72. The van der Waals surface area contributed by atoms with E-state index in [0.29, 0.717) is 6.54 Å². The van der Waals surface area contributed by atoms with Crippen LogP contribution in [0.2, 0.25) is 0 Å². The lowest BCUT2D eigenvalue weighted by molar-refractivity contribution is -0.128. The standard InChI is InChI=1S/C14H20N2O6S/c1-5-16-13(17)9(2)22-14(18)10-6-7-11(21-4)12(8-10)23(19,20)15-3/h6-9,15H,5H2,1-4H3,(H,16,17)/t9-/m1/s1. The van der Waals surface area contributed by atoms with E-state index in [1.165, 1.54) is 33.2 Å². The van der Waals surface area contributed by atoms with Gasteiger partial charge in [0.15, 0.2) is 6.10 Å². The topological polar surface area (TPSA) is 111 Å². The second-order valence-corrected chi connectivity index (χ2v) is 6.37. The average Bonchev–Trinajstić information content (AvgIpc) is 2.54. The van der Waals surface area contributed by atoms with Gasteiger partial charge < -0.3 is 14.8 Å². The van der Waals surface area contributed by atoms with E-state index in [1.54, 1.807) is 6.92 Å². The van der Waals surface area contributed by atoms with Crippen LogP contribution in [0.4, 0.5) is 0 Å². The Hall–Kier alpha value is -2.13. The maximum Gasteiger partial charge on any atom is 0.338 e. The smallest absolute Gasteiger partial charge is 0.338 e. The van der Waals surface area contributed by atoms with Crippen molar-refractivity contribution < 1.29 is 27.5 Å². The van der Waals surface area contributed by atoms with Gasteiger partial charge in [-0.1, -0.05) is 0 Å². The largest absolute Gasteiger partial charge is 0.495 e. The van der Waals surface area contributed by atoms with E-state index in [9.17, 15) is 18.0 Å². The number of hydrogen-bond donors (Lipinski definition) is 2. The number of carbonyl (C=O) groups is 2. The molecule has 0 saturated carbocycles. The van der Waals surface area contributed by atoms with Crippen LogP contribution in [0, 0.1) is 0 Å². The summed E-state index contributed by atoms with van der Waals surface area (Å²) < 4.78 is 36.1. The fourth-order valence-corrected chi connectivity index (χ4v) is 2.64. The molecule has 1 rings (SSSR count). The predicted octanol–water partition coefficient (Wildman–Crippen LogP) is 0.285. The Labute approximate surface area is 135 Å². The predicted molar refractivity (Wildman–Crippen MR) is 82.8 cm³/mol. The Kier molecular flexibility index (Phi) is 6.52. The van der Waals surface area contributed by atoms with Gasteiger partial charge in [0.05, 0.1) is 12.7 Å². The average molecular weight is 344 g/mol. The van der Waals surface area contributed by atoms with Gasteiger partial charge in [0, 0.05) is 6.54 Å². The Bertz CT molecular complexity index is 687. The van der Waals surface area contributed by atoms with Gasteiger partial charge in [-0.15, -0.1) is 0 Å². The number of nitrogens with one attached hydrogen (secondary N) is 2. The normalized spacial score (nSPS) is 12.3. The van der Waals surface area contributed by atoms with Crippen LogP contribution >= 0.6 is 0 Å². The lowest BCUT2D eigenvalue weighted by atomic mass is 10.2. The quantitative estimate of drug-likeness (QED) is 0.688. The van der Waals surface area contributed by atoms with E-state index < -0.39 is 28.0 Å². The van der Waals surface area contributed by atoms with Gasteiger partial charge in [0.25, 0.3) is 5.91 Å². The van der Waals surface area contributed by atoms with Crippen molar-refractivity contribution in [3.05, 3.63) is 23.8 Å². The highest BCUT2D eigenvalue weighted by molar-refractivity contribution is 7.89. The summed E-state index contributed by atoms with van der Waals surface area (Å²) in [6.07, 6.45) is -0.992.